The highest BCUT2D eigenvalue weighted by Crippen LogP contribution is 2.28. The van der Waals surface area contributed by atoms with Gasteiger partial charge in [0.25, 0.3) is 5.91 Å². The predicted octanol–water partition coefficient (Wildman–Crippen LogP) is 3.40. The van der Waals surface area contributed by atoms with E-state index >= 15 is 0 Å². The minimum absolute atomic E-state index is 0.112. The van der Waals surface area contributed by atoms with Gasteiger partial charge in [0.05, 0.1) is 10.6 Å². The van der Waals surface area contributed by atoms with Crippen molar-refractivity contribution in [3.05, 3.63) is 52.9 Å². The molecule has 1 amide bonds. The van der Waals surface area contributed by atoms with Gasteiger partial charge in [-0.1, -0.05) is 11.6 Å². The highest BCUT2D eigenvalue weighted by Gasteiger charge is 2.30. The fourth-order valence-corrected chi connectivity index (χ4v) is 1.51. The van der Waals surface area contributed by atoms with Crippen molar-refractivity contribution >= 4 is 23.3 Å². The van der Waals surface area contributed by atoms with Gasteiger partial charge in [-0.05, 0) is 24.3 Å². The molecule has 2 heterocycles. The van der Waals surface area contributed by atoms with Crippen LogP contribution >= 0.6 is 11.6 Å². The van der Waals surface area contributed by atoms with Gasteiger partial charge >= 0.3 is 6.18 Å². The smallest absolute Gasteiger partial charge is 0.304 e. The number of aromatic nitrogens is 2. The number of anilines is 1. The summed E-state index contributed by atoms with van der Waals surface area (Å²) in [6, 6.07) is 4.86. The summed E-state index contributed by atoms with van der Waals surface area (Å²) in [7, 11) is 0. The van der Waals surface area contributed by atoms with E-state index in [2.05, 4.69) is 15.3 Å². The number of alkyl halides is 3. The maximum atomic E-state index is 12.4. The van der Waals surface area contributed by atoms with E-state index in [0.29, 0.717) is 6.20 Å². The van der Waals surface area contributed by atoms with Gasteiger partial charge in [-0.3, -0.25) is 9.78 Å². The van der Waals surface area contributed by atoms with Gasteiger partial charge in [0.15, 0.2) is 5.82 Å². The summed E-state index contributed by atoms with van der Waals surface area (Å²) in [5.74, 6) is -0.583. The highest BCUT2D eigenvalue weighted by molar-refractivity contribution is 6.33. The fraction of sp³-hybridized carbons (Fsp3) is 0.0833. The zero-order valence-corrected chi connectivity index (χ0v) is 10.5. The molecule has 0 bridgehead atoms. The summed E-state index contributed by atoms with van der Waals surface area (Å²) in [4.78, 5) is 19.1. The van der Waals surface area contributed by atoms with Crippen LogP contribution in [-0.2, 0) is 6.18 Å². The summed E-state index contributed by atoms with van der Waals surface area (Å²) >= 11 is 5.79. The first-order valence-electron chi connectivity index (χ1n) is 5.33. The number of halogens is 4. The second-order valence-corrected chi connectivity index (χ2v) is 4.13. The van der Waals surface area contributed by atoms with Crippen LogP contribution in [0.1, 0.15) is 16.1 Å². The molecule has 0 aromatic carbocycles. The number of nitrogens with zero attached hydrogens (tertiary/aromatic N) is 2. The molecule has 4 nitrogen and oxygen atoms in total. The Morgan fingerprint density at radius 1 is 1.20 bits per heavy atom. The molecule has 0 saturated heterocycles. The van der Waals surface area contributed by atoms with Gasteiger partial charge in [-0.2, -0.15) is 13.2 Å². The van der Waals surface area contributed by atoms with Crippen LogP contribution in [0.3, 0.4) is 0 Å². The Morgan fingerprint density at radius 3 is 2.50 bits per heavy atom. The molecule has 2 rings (SSSR count). The van der Waals surface area contributed by atoms with Crippen LogP contribution in [0.2, 0.25) is 5.02 Å². The molecule has 1 N–H and O–H groups in total. The van der Waals surface area contributed by atoms with E-state index < -0.39 is 17.6 Å². The topological polar surface area (TPSA) is 54.9 Å². The van der Waals surface area contributed by atoms with Crippen LogP contribution < -0.4 is 5.32 Å². The Kier molecular flexibility index (Phi) is 3.89. The van der Waals surface area contributed by atoms with Crippen molar-refractivity contribution in [1.29, 1.82) is 0 Å². The van der Waals surface area contributed by atoms with Crippen molar-refractivity contribution in [3.63, 3.8) is 0 Å². The first kappa shape index (κ1) is 14.3. The lowest BCUT2D eigenvalue weighted by molar-refractivity contribution is -0.137. The first-order chi connectivity index (χ1) is 9.38. The van der Waals surface area contributed by atoms with E-state index in [4.69, 9.17) is 11.6 Å². The lowest BCUT2D eigenvalue weighted by atomic mass is 10.2. The van der Waals surface area contributed by atoms with E-state index in [1.165, 1.54) is 12.3 Å². The van der Waals surface area contributed by atoms with Gasteiger partial charge < -0.3 is 5.32 Å². The first-order valence-corrected chi connectivity index (χ1v) is 5.71. The Bertz CT molecular complexity index is 629. The molecule has 0 aliphatic carbocycles. The van der Waals surface area contributed by atoms with Crippen LogP contribution in [0.5, 0.6) is 0 Å². The van der Waals surface area contributed by atoms with E-state index in [-0.39, 0.29) is 16.5 Å². The average Bonchev–Trinajstić information content (AvgIpc) is 2.40. The van der Waals surface area contributed by atoms with Crippen LogP contribution in [0.25, 0.3) is 0 Å². The second kappa shape index (κ2) is 5.46. The summed E-state index contributed by atoms with van der Waals surface area (Å²) in [5, 5.41) is 2.57. The van der Waals surface area contributed by atoms with Crippen molar-refractivity contribution < 1.29 is 18.0 Å². The van der Waals surface area contributed by atoms with Crippen molar-refractivity contribution in [2.75, 3.05) is 5.32 Å². The van der Waals surface area contributed by atoms with E-state index in [9.17, 15) is 18.0 Å². The van der Waals surface area contributed by atoms with Crippen molar-refractivity contribution in [1.82, 2.24) is 9.97 Å². The summed E-state index contributed by atoms with van der Waals surface area (Å²) < 4.78 is 37.1. The number of amides is 1. The normalized spacial score (nSPS) is 11.2. The standard InChI is InChI=1S/C12H7ClF3N3O/c13-8-2-1-5-17-10(8)19-11(20)9-4-3-7(6-18-9)12(14,15)16/h1-6H,(H,17,19,20). The van der Waals surface area contributed by atoms with Crippen molar-refractivity contribution in [2.45, 2.75) is 6.18 Å². The highest BCUT2D eigenvalue weighted by atomic mass is 35.5. The fourth-order valence-electron chi connectivity index (χ4n) is 1.35. The molecule has 104 valence electrons. The molecule has 0 aliphatic rings. The molecule has 0 fully saturated rings. The van der Waals surface area contributed by atoms with Crippen LogP contribution in [0.4, 0.5) is 19.0 Å². The third-order valence-corrected chi connectivity index (χ3v) is 2.62. The molecule has 2 aromatic rings. The van der Waals surface area contributed by atoms with E-state index in [0.717, 1.165) is 12.1 Å². The predicted molar refractivity (Wildman–Crippen MR) is 66.4 cm³/mol. The van der Waals surface area contributed by atoms with Crippen LogP contribution in [-0.4, -0.2) is 15.9 Å². The molecule has 2 aromatic heterocycles. The SMILES string of the molecule is O=C(Nc1ncccc1Cl)c1ccc(C(F)(F)F)cn1. The number of hydrogen-bond acceptors (Lipinski definition) is 3. The number of hydrogen-bond donors (Lipinski definition) is 1. The molecular weight excluding hydrogens is 295 g/mol. The van der Waals surface area contributed by atoms with Gasteiger partial charge in [0.2, 0.25) is 0 Å². The Morgan fingerprint density at radius 2 is 1.95 bits per heavy atom. The Hall–Kier alpha value is -2.15. The Labute approximate surface area is 116 Å². The largest absolute Gasteiger partial charge is 0.417 e. The lowest BCUT2D eigenvalue weighted by Gasteiger charge is -2.07. The number of carbonyl (C=O) groups excluding carboxylic acids is 1. The molecule has 0 atom stereocenters. The molecule has 0 saturated carbocycles. The van der Waals surface area contributed by atoms with Gasteiger partial charge in [0.1, 0.15) is 5.69 Å². The monoisotopic (exact) mass is 301 g/mol. The molecule has 0 unspecified atom stereocenters. The molecule has 0 aliphatic heterocycles. The van der Waals surface area contributed by atoms with Crippen LogP contribution in [0, 0.1) is 0 Å². The number of rotatable bonds is 2. The van der Waals surface area contributed by atoms with Crippen LogP contribution in [0.15, 0.2) is 36.7 Å². The molecule has 20 heavy (non-hydrogen) atoms. The van der Waals surface area contributed by atoms with Gasteiger partial charge in [-0.15, -0.1) is 0 Å². The number of nitrogens with one attached hydrogen (secondary N) is 1. The summed E-state index contributed by atoms with van der Waals surface area (Å²) in [6.45, 7) is 0. The number of pyridine rings is 2. The van der Waals surface area contributed by atoms with E-state index in [1.54, 1.807) is 6.07 Å². The Balaban J connectivity index is 2.16. The van der Waals surface area contributed by atoms with Crippen molar-refractivity contribution in [3.8, 4) is 0 Å². The molecule has 0 radical (unpaired) electrons. The third-order valence-electron chi connectivity index (χ3n) is 2.31. The summed E-state index contributed by atoms with van der Waals surface area (Å²) in [5.41, 5.74) is -1.09. The quantitative estimate of drug-likeness (QED) is 0.925. The summed E-state index contributed by atoms with van der Waals surface area (Å²) in [6.07, 6.45) is -2.48. The maximum absolute atomic E-state index is 12.4. The van der Waals surface area contributed by atoms with Crippen molar-refractivity contribution in [2.24, 2.45) is 0 Å². The number of carbonyl (C=O) groups is 1. The third kappa shape index (κ3) is 3.24. The molecular formula is C12H7ClF3N3O. The minimum Gasteiger partial charge on any atom is -0.304 e. The maximum Gasteiger partial charge on any atom is 0.417 e. The lowest BCUT2D eigenvalue weighted by Crippen LogP contribution is -2.15. The second-order valence-electron chi connectivity index (χ2n) is 3.72. The van der Waals surface area contributed by atoms with E-state index in [1.807, 2.05) is 0 Å². The van der Waals surface area contributed by atoms with Gasteiger partial charge in [-0.25, -0.2) is 4.98 Å². The molecule has 8 heteroatoms. The zero-order valence-electron chi connectivity index (χ0n) is 9.78. The molecule has 0 spiro atoms. The minimum atomic E-state index is -4.49. The zero-order chi connectivity index (χ0) is 14.8. The van der Waals surface area contributed by atoms with Gasteiger partial charge in [0, 0.05) is 12.4 Å². The average molecular weight is 302 g/mol.